The number of benzene rings is 1. The monoisotopic (exact) mass is 289 g/mol. The lowest BCUT2D eigenvalue weighted by atomic mass is 10.2. The second kappa shape index (κ2) is 4.87. The van der Waals surface area contributed by atoms with Crippen LogP contribution in [0.15, 0.2) is 36.5 Å². The molecule has 3 nitrogen and oxygen atoms in total. The highest BCUT2D eigenvalue weighted by Crippen LogP contribution is 2.29. The van der Waals surface area contributed by atoms with Crippen LogP contribution < -0.4 is 0 Å². The minimum atomic E-state index is -0.299. The van der Waals surface area contributed by atoms with Gasteiger partial charge >= 0.3 is 0 Å². The van der Waals surface area contributed by atoms with Gasteiger partial charge in [0.1, 0.15) is 17.2 Å². The molecule has 1 atom stereocenters. The summed E-state index contributed by atoms with van der Waals surface area (Å²) in [7, 11) is 0. The minimum Gasteiger partial charge on any atom is -0.279 e. The van der Waals surface area contributed by atoms with Crippen molar-refractivity contribution in [1.82, 2.24) is 14.5 Å². The van der Waals surface area contributed by atoms with Crippen molar-refractivity contribution in [2.75, 3.05) is 0 Å². The molecule has 5 heteroatoms. The highest BCUT2D eigenvalue weighted by Gasteiger charge is 2.19. The topological polar surface area (TPSA) is 30.7 Å². The van der Waals surface area contributed by atoms with Crippen LogP contribution in [0.2, 0.25) is 0 Å². The van der Waals surface area contributed by atoms with Gasteiger partial charge in [-0.25, -0.2) is 14.4 Å². The van der Waals surface area contributed by atoms with E-state index in [2.05, 4.69) is 9.97 Å². The lowest BCUT2D eigenvalue weighted by Gasteiger charge is -2.13. The van der Waals surface area contributed by atoms with Crippen molar-refractivity contribution >= 4 is 22.8 Å². The lowest BCUT2D eigenvalue weighted by Crippen LogP contribution is -2.05. The van der Waals surface area contributed by atoms with Gasteiger partial charge in [-0.3, -0.25) is 4.57 Å². The van der Waals surface area contributed by atoms with Crippen molar-refractivity contribution in [3.05, 3.63) is 53.7 Å². The second-order valence-corrected chi connectivity index (χ2v) is 5.31. The van der Waals surface area contributed by atoms with Crippen LogP contribution >= 0.6 is 11.6 Å². The summed E-state index contributed by atoms with van der Waals surface area (Å²) in [5.74, 6) is 0.405. The molecule has 0 aliphatic carbocycles. The number of alkyl halides is 1. The van der Waals surface area contributed by atoms with Gasteiger partial charge in [0.2, 0.25) is 0 Å². The summed E-state index contributed by atoms with van der Waals surface area (Å²) in [5, 5.41) is -0.299. The molecule has 0 amide bonds. The van der Waals surface area contributed by atoms with Crippen LogP contribution in [0.4, 0.5) is 4.39 Å². The van der Waals surface area contributed by atoms with Gasteiger partial charge in [-0.1, -0.05) is 6.07 Å². The zero-order valence-corrected chi connectivity index (χ0v) is 11.9. The Morgan fingerprint density at radius 2 is 2.05 bits per heavy atom. The van der Waals surface area contributed by atoms with Gasteiger partial charge in [-0.2, -0.15) is 0 Å². The molecule has 2 heterocycles. The van der Waals surface area contributed by atoms with Crippen LogP contribution in [0.1, 0.15) is 23.7 Å². The first kappa shape index (κ1) is 13.1. The van der Waals surface area contributed by atoms with Crippen LogP contribution in [0.5, 0.6) is 0 Å². The maximum atomic E-state index is 13.8. The fraction of sp³-hybridized carbons (Fsp3) is 0.200. The molecule has 20 heavy (non-hydrogen) atoms. The number of rotatable bonds is 2. The van der Waals surface area contributed by atoms with Crippen molar-refractivity contribution in [2.45, 2.75) is 19.2 Å². The van der Waals surface area contributed by atoms with Gasteiger partial charge < -0.3 is 0 Å². The summed E-state index contributed by atoms with van der Waals surface area (Å²) >= 11 is 6.22. The minimum absolute atomic E-state index is 0.256. The van der Waals surface area contributed by atoms with E-state index >= 15 is 0 Å². The van der Waals surface area contributed by atoms with E-state index in [4.69, 9.17) is 11.6 Å². The Morgan fingerprint density at radius 1 is 1.25 bits per heavy atom. The van der Waals surface area contributed by atoms with Crippen molar-refractivity contribution in [3.8, 4) is 5.69 Å². The van der Waals surface area contributed by atoms with Gasteiger partial charge in [0.05, 0.1) is 11.1 Å². The van der Waals surface area contributed by atoms with Crippen molar-refractivity contribution in [1.29, 1.82) is 0 Å². The molecule has 0 spiro atoms. The fourth-order valence-electron chi connectivity index (χ4n) is 2.27. The normalized spacial score (nSPS) is 12.8. The number of nitrogens with zero attached hydrogens (tertiary/aromatic N) is 3. The van der Waals surface area contributed by atoms with Crippen molar-refractivity contribution in [3.63, 3.8) is 0 Å². The molecule has 3 rings (SSSR count). The summed E-state index contributed by atoms with van der Waals surface area (Å²) in [5.41, 5.74) is 2.70. The highest BCUT2D eigenvalue weighted by molar-refractivity contribution is 6.20. The first-order valence-corrected chi connectivity index (χ1v) is 6.76. The van der Waals surface area contributed by atoms with Gasteiger partial charge in [0.25, 0.3) is 0 Å². The number of fused-ring (bicyclic) bond motifs is 1. The molecule has 1 unspecified atom stereocenters. The number of imidazole rings is 1. The van der Waals surface area contributed by atoms with Crippen LogP contribution in [-0.4, -0.2) is 14.5 Å². The Labute approximate surface area is 121 Å². The highest BCUT2D eigenvalue weighted by atomic mass is 35.5. The maximum absolute atomic E-state index is 13.8. The summed E-state index contributed by atoms with van der Waals surface area (Å²) in [4.78, 5) is 8.86. The van der Waals surface area contributed by atoms with Crippen LogP contribution in [0, 0.1) is 12.7 Å². The Hall–Kier alpha value is -1.94. The van der Waals surface area contributed by atoms with E-state index in [1.165, 1.54) is 6.07 Å². The molecule has 102 valence electrons. The molecule has 0 N–H and O–H groups in total. The predicted octanol–water partition coefficient (Wildman–Crippen LogP) is 4.17. The largest absolute Gasteiger partial charge is 0.279 e. The number of aromatic nitrogens is 3. The standard InChI is InChI=1S/C15H13ClFN3/c1-9-11(17)5-3-7-13(9)20-14(10(2)16)19-12-6-4-8-18-15(12)20/h3-8,10H,1-2H3. The molecule has 0 bridgehead atoms. The average molecular weight is 290 g/mol. The number of hydrogen-bond acceptors (Lipinski definition) is 2. The smallest absolute Gasteiger partial charge is 0.164 e. The summed E-state index contributed by atoms with van der Waals surface area (Å²) in [6.45, 7) is 3.58. The van der Waals surface area contributed by atoms with E-state index in [0.717, 1.165) is 5.52 Å². The van der Waals surface area contributed by atoms with Gasteiger partial charge in [-0.05, 0) is 38.1 Å². The van der Waals surface area contributed by atoms with E-state index in [1.54, 1.807) is 19.2 Å². The third-order valence-corrected chi connectivity index (χ3v) is 3.47. The average Bonchev–Trinajstić information content (AvgIpc) is 2.81. The number of halogens is 2. The molecule has 0 saturated carbocycles. The molecule has 1 aromatic carbocycles. The predicted molar refractivity (Wildman–Crippen MR) is 77.8 cm³/mol. The third kappa shape index (κ3) is 1.96. The van der Waals surface area contributed by atoms with E-state index in [1.807, 2.05) is 29.7 Å². The molecule has 0 fully saturated rings. The van der Waals surface area contributed by atoms with E-state index in [-0.39, 0.29) is 11.2 Å². The molecule has 0 saturated heterocycles. The van der Waals surface area contributed by atoms with Gasteiger partial charge in [0.15, 0.2) is 5.65 Å². The Balaban J connectivity index is 2.39. The summed E-state index contributed by atoms with van der Waals surface area (Å²) in [6, 6.07) is 8.65. The van der Waals surface area contributed by atoms with Gasteiger partial charge in [0, 0.05) is 11.8 Å². The van der Waals surface area contributed by atoms with Crippen molar-refractivity contribution in [2.24, 2.45) is 0 Å². The Morgan fingerprint density at radius 3 is 2.80 bits per heavy atom. The molecule has 2 aromatic heterocycles. The summed E-state index contributed by atoms with van der Waals surface area (Å²) in [6.07, 6.45) is 1.69. The van der Waals surface area contributed by atoms with E-state index in [9.17, 15) is 4.39 Å². The molecular weight excluding hydrogens is 277 g/mol. The van der Waals surface area contributed by atoms with Gasteiger partial charge in [-0.15, -0.1) is 11.6 Å². The van der Waals surface area contributed by atoms with E-state index in [0.29, 0.717) is 22.7 Å². The number of hydrogen-bond donors (Lipinski definition) is 0. The molecule has 0 radical (unpaired) electrons. The Kier molecular flexibility index (Phi) is 3.18. The van der Waals surface area contributed by atoms with Crippen molar-refractivity contribution < 1.29 is 4.39 Å². The third-order valence-electron chi connectivity index (χ3n) is 3.28. The SMILES string of the molecule is Cc1c(F)cccc1-n1c(C(C)Cl)nc2cccnc21. The maximum Gasteiger partial charge on any atom is 0.164 e. The molecule has 0 aliphatic heterocycles. The van der Waals surface area contributed by atoms with Crippen LogP contribution in [0.25, 0.3) is 16.9 Å². The summed E-state index contributed by atoms with van der Waals surface area (Å²) < 4.78 is 15.6. The number of pyridine rings is 1. The first-order chi connectivity index (χ1) is 9.59. The quantitative estimate of drug-likeness (QED) is 0.663. The second-order valence-electron chi connectivity index (χ2n) is 4.65. The molecular formula is C15H13ClFN3. The zero-order chi connectivity index (χ0) is 14.3. The fourth-order valence-corrected chi connectivity index (χ4v) is 2.42. The lowest BCUT2D eigenvalue weighted by molar-refractivity contribution is 0.616. The van der Waals surface area contributed by atoms with E-state index < -0.39 is 0 Å². The first-order valence-electron chi connectivity index (χ1n) is 6.32. The molecule has 3 aromatic rings. The molecule has 0 aliphatic rings. The zero-order valence-electron chi connectivity index (χ0n) is 11.1. The van der Waals surface area contributed by atoms with Crippen LogP contribution in [-0.2, 0) is 0 Å². The van der Waals surface area contributed by atoms with Crippen LogP contribution in [0.3, 0.4) is 0 Å². The Bertz CT molecular complexity index is 780.